The summed E-state index contributed by atoms with van der Waals surface area (Å²) in [5, 5.41) is 2.93. The molecule has 0 aromatic heterocycles. The van der Waals surface area contributed by atoms with E-state index in [-0.39, 0.29) is 30.3 Å². The number of amides is 2. The molecule has 0 saturated carbocycles. The Morgan fingerprint density at radius 3 is 2.34 bits per heavy atom. The van der Waals surface area contributed by atoms with E-state index in [1.165, 1.54) is 0 Å². The van der Waals surface area contributed by atoms with Gasteiger partial charge in [-0.05, 0) is 50.1 Å². The lowest BCUT2D eigenvalue weighted by Gasteiger charge is -2.20. The van der Waals surface area contributed by atoms with Crippen molar-refractivity contribution in [2.45, 2.75) is 45.3 Å². The van der Waals surface area contributed by atoms with Crippen molar-refractivity contribution in [2.24, 2.45) is 0 Å². The van der Waals surface area contributed by atoms with E-state index in [1.807, 2.05) is 30.3 Å². The third-order valence-electron chi connectivity index (χ3n) is 4.76. The summed E-state index contributed by atoms with van der Waals surface area (Å²) in [5.41, 5.74) is 2.10. The SMILES string of the molecule is CC(C)OC(=O)CC(NC(=O)c1ccc(N2CCCC2=O)cc1)c1ccccc1. The highest BCUT2D eigenvalue weighted by atomic mass is 16.5. The van der Waals surface area contributed by atoms with Crippen molar-refractivity contribution in [2.75, 3.05) is 11.4 Å². The molecule has 2 amide bonds. The number of esters is 1. The van der Waals surface area contributed by atoms with Crippen molar-refractivity contribution >= 4 is 23.5 Å². The average Bonchev–Trinajstić information content (AvgIpc) is 3.13. The minimum Gasteiger partial charge on any atom is -0.463 e. The molecule has 2 aromatic carbocycles. The summed E-state index contributed by atoms with van der Waals surface area (Å²) < 4.78 is 5.24. The number of nitrogens with one attached hydrogen (secondary N) is 1. The Bertz CT molecular complexity index is 862. The summed E-state index contributed by atoms with van der Waals surface area (Å²) in [5.74, 6) is -0.539. The molecule has 1 saturated heterocycles. The molecule has 6 heteroatoms. The molecule has 1 heterocycles. The molecule has 0 aliphatic carbocycles. The van der Waals surface area contributed by atoms with Gasteiger partial charge in [0.05, 0.1) is 18.6 Å². The van der Waals surface area contributed by atoms with E-state index in [9.17, 15) is 14.4 Å². The van der Waals surface area contributed by atoms with E-state index < -0.39 is 6.04 Å². The summed E-state index contributed by atoms with van der Waals surface area (Å²) in [4.78, 5) is 38.6. The third kappa shape index (κ3) is 5.44. The van der Waals surface area contributed by atoms with Crippen LogP contribution >= 0.6 is 0 Å². The second kappa shape index (κ2) is 9.37. The Kier molecular flexibility index (Phi) is 6.65. The average molecular weight is 394 g/mol. The fraction of sp³-hybridized carbons (Fsp3) is 0.348. The zero-order chi connectivity index (χ0) is 20.8. The molecule has 1 N–H and O–H groups in total. The number of carbonyl (C=O) groups excluding carboxylic acids is 3. The van der Waals surface area contributed by atoms with E-state index in [2.05, 4.69) is 5.32 Å². The summed E-state index contributed by atoms with van der Waals surface area (Å²) >= 11 is 0. The van der Waals surface area contributed by atoms with E-state index in [0.717, 1.165) is 17.7 Å². The molecule has 1 fully saturated rings. The third-order valence-corrected chi connectivity index (χ3v) is 4.76. The Balaban J connectivity index is 1.72. The number of carbonyl (C=O) groups is 3. The number of rotatable bonds is 7. The Morgan fingerprint density at radius 1 is 1.07 bits per heavy atom. The fourth-order valence-electron chi connectivity index (χ4n) is 3.37. The molecule has 1 aliphatic heterocycles. The molecule has 0 radical (unpaired) electrons. The van der Waals surface area contributed by atoms with Crippen molar-refractivity contribution in [1.82, 2.24) is 5.32 Å². The van der Waals surface area contributed by atoms with Gasteiger partial charge in [0.15, 0.2) is 0 Å². The van der Waals surface area contributed by atoms with Gasteiger partial charge in [0, 0.05) is 24.2 Å². The summed E-state index contributed by atoms with van der Waals surface area (Å²) in [6.45, 7) is 4.29. The first kappa shape index (κ1) is 20.6. The maximum absolute atomic E-state index is 12.8. The van der Waals surface area contributed by atoms with Gasteiger partial charge in [0.25, 0.3) is 5.91 Å². The number of nitrogens with zero attached hydrogens (tertiary/aromatic N) is 1. The molecule has 1 atom stereocenters. The fourth-order valence-corrected chi connectivity index (χ4v) is 3.37. The highest BCUT2D eigenvalue weighted by Crippen LogP contribution is 2.23. The van der Waals surface area contributed by atoms with Crippen LogP contribution in [0.1, 0.15) is 55.1 Å². The largest absolute Gasteiger partial charge is 0.463 e. The predicted molar refractivity (Wildman–Crippen MR) is 111 cm³/mol. The molecule has 1 unspecified atom stereocenters. The normalized spacial score (nSPS) is 14.7. The summed E-state index contributed by atoms with van der Waals surface area (Å²) in [6.07, 6.45) is 1.25. The van der Waals surface area contributed by atoms with E-state index >= 15 is 0 Å². The van der Waals surface area contributed by atoms with Crippen LogP contribution in [-0.4, -0.2) is 30.4 Å². The second-order valence-corrected chi connectivity index (χ2v) is 7.38. The van der Waals surface area contributed by atoms with Gasteiger partial charge in [0.2, 0.25) is 5.91 Å². The van der Waals surface area contributed by atoms with Crippen LogP contribution in [0, 0.1) is 0 Å². The van der Waals surface area contributed by atoms with Crippen LogP contribution in [0.25, 0.3) is 0 Å². The van der Waals surface area contributed by atoms with Gasteiger partial charge < -0.3 is 15.0 Å². The smallest absolute Gasteiger partial charge is 0.308 e. The number of benzene rings is 2. The van der Waals surface area contributed by atoms with E-state index in [1.54, 1.807) is 43.0 Å². The van der Waals surface area contributed by atoms with E-state index in [4.69, 9.17) is 4.74 Å². The predicted octanol–water partition coefficient (Wildman–Crippen LogP) is 3.63. The molecule has 29 heavy (non-hydrogen) atoms. The molecular weight excluding hydrogens is 368 g/mol. The molecule has 152 valence electrons. The standard InChI is InChI=1S/C23H26N2O4/c1-16(2)29-22(27)15-20(17-7-4-3-5-8-17)24-23(28)18-10-12-19(13-11-18)25-14-6-9-21(25)26/h3-5,7-8,10-13,16,20H,6,9,14-15H2,1-2H3,(H,24,28). The Labute approximate surface area is 170 Å². The highest BCUT2D eigenvalue weighted by molar-refractivity contribution is 5.97. The summed E-state index contributed by atoms with van der Waals surface area (Å²) in [7, 11) is 0. The van der Waals surface area contributed by atoms with Gasteiger partial charge in [0.1, 0.15) is 0 Å². The maximum atomic E-state index is 12.8. The second-order valence-electron chi connectivity index (χ2n) is 7.38. The number of anilines is 1. The van der Waals surface area contributed by atoms with Crippen molar-refractivity contribution < 1.29 is 19.1 Å². The molecule has 6 nitrogen and oxygen atoms in total. The van der Waals surface area contributed by atoms with Crippen molar-refractivity contribution in [3.05, 3.63) is 65.7 Å². The first-order valence-corrected chi connectivity index (χ1v) is 9.90. The molecule has 2 aromatic rings. The van der Waals surface area contributed by atoms with Gasteiger partial charge >= 0.3 is 5.97 Å². The summed E-state index contributed by atoms with van der Waals surface area (Å²) in [6, 6.07) is 15.8. The van der Waals surface area contributed by atoms with Gasteiger partial charge in [-0.3, -0.25) is 14.4 Å². The number of ether oxygens (including phenoxy) is 1. The zero-order valence-electron chi connectivity index (χ0n) is 16.8. The van der Waals surface area contributed by atoms with E-state index in [0.29, 0.717) is 18.5 Å². The quantitative estimate of drug-likeness (QED) is 0.728. The van der Waals surface area contributed by atoms with Gasteiger partial charge in [-0.15, -0.1) is 0 Å². The maximum Gasteiger partial charge on any atom is 0.308 e. The van der Waals surface area contributed by atoms with Crippen LogP contribution in [0.15, 0.2) is 54.6 Å². The number of hydrogen-bond donors (Lipinski definition) is 1. The first-order chi connectivity index (χ1) is 13.9. The van der Waals surface area contributed by atoms with Crippen LogP contribution in [-0.2, 0) is 14.3 Å². The Morgan fingerprint density at radius 2 is 1.76 bits per heavy atom. The van der Waals surface area contributed by atoms with Crippen LogP contribution in [0.3, 0.4) is 0 Å². The first-order valence-electron chi connectivity index (χ1n) is 9.90. The van der Waals surface area contributed by atoms with Gasteiger partial charge in [-0.2, -0.15) is 0 Å². The lowest BCUT2D eigenvalue weighted by atomic mass is 10.0. The van der Waals surface area contributed by atoms with Crippen LogP contribution in [0.2, 0.25) is 0 Å². The zero-order valence-corrected chi connectivity index (χ0v) is 16.8. The molecule has 0 bridgehead atoms. The monoisotopic (exact) mass is 394 g/mol. The van der Waals surface area contributed by atoms with Crippen molar-refractivity contribution in [3.8, 4) is 0 Å². The van der Waals surface area contributed by atoms with Crippen molar-refractivity contribution in [1.29, 1.82) is 0 Å². The lowest BCUT2D eigenvalue weighted by Crippen LogP contribution is -2.31. The number of hydrogen-bond acceptors (Lipinski definition) is 4. The minimum absolute atomic E-state index is 0.0499. The van der Waals surface area contributed by atoms with Crippen LogP contribution < -0.4 is 10.2 Å². The highest BCUT2D eigenvalue weighted by Gasteiger charge is 2.23. The van der Waals surface area contributed by atoms with Crippen LogP contribution in [0.4, 0.5) is 5.69 Å². The molecule has 1 aliphatic rings. The van der Waals surface area contributed by atoms with Gasteiger partial charge in [-0.1, -0.05) is 30.3 Å². The van der Waals surface area contributed by atoms with Crippen LogP contribution in [0.5, 0.6) is 0 Å². The Hall–Kier alpha value is -3.15. The van der Waals surface area contributed by atoms with Crippen molar-refractivity contribution in [3.63, 3.8) is 0 Å². The minimum atomic E-state index is -0.491. The topological polar surface area (TPSA) is 75.7 Å². The molecule has 3 rings (SSSR count). The lowest BCUT2D eigenvalue weighted by molar-refractivity contribution is -0.148. The van der Waals surface area contributed by atoms with Gasteiger partial charge in [-0.25, -0.2) is 0 Å². The molecule has 0 spiro atoms. The molecular formula is C23H26N2O4.